The van der Waals surface area contributed by atoms with E-state index in [0.29, 0.717) is 18.9 Å². The highest BCUT2D eigenvalue weighted by Crippen LogP contribution is 2.21. The molecule has 17 heavy (non-hydrogen) atoms. The monoisotopic (exact) mass is 233 g/mol. The number of nitrogens with two attached hydrogens (primary N) is 1. The molecular weight excluding hydrogens is 218 g/mol. The second-order valence-electron chi connectivity index (χ2n) is 3.89. The molecule has 5 nitrogen and oxygen atoms in total. The number of methoxy groups -OCH3 is 1. The normalized spacial score (nSPS) is 10.7. The van der Waals surface area contributed by atoms with E-state index in [1.165, 1.54) is 7.11 Å². The number of nitrogens with zero attached hydrogens (tertiary/aromatic N) is 2. The number of hydrogen-bond donors (Lipinski definition) is 1. The van der Waals surface area contributed by atoms with Crippen LogP contribution in [0, 0.1) is 6.92 Å². The summed E-state index contributed by atoms with van der Waals surface area (Å²) in [6, 6.07) is 5.85. The molecule has 2 aromatic rings. The third kappa shape index (κ3) is 2.08. The van der Waals surface area contributed by atoms with Gasteiger partial charge in [-0.2, -0.15) is 0 Å². The van der Waals surface area contributed by atoms with E-state index in [9.17, 15) is 4.79 Å². The molecule has 0 atom stereocenters. The molecule has 0 saturated heterocycles. The average Bonchev–Trinajstić information content (AvgIpc) is 2.63. The first-order chi connectivity index (χ1) is 8.13. The van der Waals surface area contributed by atoms with Crippen molar-refractivity contribution in [1.29, 1.82) is 0 Å². The minimum absolute atomic E-state index is 0.250. The first-order valence-corrected chi connectivity index (χ1v) is 5.41. The number of hydrogen-bond acceptors (Lipinski definition) is 4. The second kappa shape index (κ2) is 4.45. The zero-order valence-corrected chi connectivity index (χ0v) is 9.93. The van der Waals surface area contributed by atoms with E-state index in [-0.39, 0.29) is 5.97 Å². The van der Waals surface area contributed by atoms with Crippen LogP contribution in [0.3, 0.4) is 0 Å². The van der Waals surface area contributed by atoms with E-state index in [1.807, 2.05) is 29.7 Å². The molecular formula is C12H15N3O2. The van der Waals surface area contributed by atoms with E-state index in [0.717, 1.165) is 16.6 Å². The number of rotatable bonds is 3. The van der Waals surface area contributed by atoms with Crippen LogP contribution in [0.15, 0.2) is 18.2 Å². The van der Waals surface area contributed by atoms with Gasteiger partial charge in [-0.3, -0.25) is 4.79 Å². The molecule has 0 aliphatic carbocycles. The number of nitrogen functional groups attached to an aromatic ring is 1. The second-order valence-corrected chi connectivity index (χ2v) is 3.89. The van der Waals surface area contributed by atoms with E-state index in [1.54, 1.807) is 0 Å². The molecule has 0 spiro atoms. The van der Waals surface area contributed by atoms with E-state index in [4.69, 9.17) is 5.73 Å². The Morgan fingerprint density at radius 1 is 1.53 bits per heavy atom. The molecule has 0 bridgehead atoms. The molecule has 1 heterocycles. The van der Waals surface area contributed by atoms with E-state index in [2.05, 4.69) is 9.72 Å². The lowest BCUT2D eigenvalue weighted by Crippen LogP contribution is -2.09. The predicted molar refractivity (Wildman–Crippen MR) is 65.5 cm³/mol. The lowest BCUT2D eigenvalue weighted by atomic mass is 10.2. The maximum Gasteiger partial charge on any atom is 0.307 e. The van der Waals surface area contributed by atoms with Gasteiger partial charge in [-0.1, -0.05) is 12.1 Å². The van der Waals surface area contributed by atoms with Crippen LogP contribution in [0.1, 0.15) is 12.0 Å². The predicted octanol–water partition coefficient (Wildman–Crippen LogP) is 1.49. The summed E-state index contributed by atoms with van der Waals surface area (Å²) in [6.45, 7) is 2.48. The maximum absolute atomic E-state index is 11.1. The number of benzene rings is 1. The quantitative estimate of drug-likeness (QED) is 0.815. The van der Waals surface area contributed by atoms with E-state index < -0.39 is 0 Å². The van der Waals surface area contributed by atoms with Gasteiger partial charge in [-0.25, -0.2) is 4.98 Å². The molecule has 0 aliphatic heterocycles. The fourth-order valence-electron chi connectivity index (χ4n) is 1.91. The van der Waals surface area contributed by atoms with Gasteiger partial charge < -0.3 is 15.0 Å². The summed E-state index contributed by atoms with van der Waals surface area (Å²) in [5, 5.41) is 0. The van der Waals surface area contributed by atoms with Gasteiger partial charge in [0.1, 0.15) is 0 Å². The van der Waals surface area contributed by atoms with Crippen molar-refractivity contribution in [2.75, 3.05) is 12.8 Å². The largest absolute Gasteiger partial charge is 0.469 e. The van der Waals surface area contributed by atoms with Gasteiger partial charge in [0.2, 0.25) is 5.95 Å². The summed E-state index contributed by atoms with van der Waals surface area (Å²) in [4.78, 5) is 15.4. The Labute approximate surface area is 99.2 Å². The van der Waals surface area contributed by atoms with Crippen molar-refractivity contribution >= 4 is 23.0 Å². The van der Waals surface area contributed by atoms with Crippen molar-refractivity contribution in [1.82, 2.24) is 9.55 Å². The zero-order chi connectivity index (χ0) is 12.4. The van der Waals surface area contributed by atoms with Crippen molar-refractivity contribution in [3.8, 4) is 0 Å². The lowest BCUT2D eigenvalue weighted by Gasteiger charge is -2.06. The third-order valence-corrected chi connectivity index (χ3v) is 2.77. The highest BCUT2D eigenvalue weighted by atomic mass is 16.5. The molecule has 2 rings (SSSR count). The van der Waals surface area contributed by atoms with Gasteiger partial charge in [0.25, 0.3) is 0 Å². The maximum atomic E-state index is 11.1. The van der Waals surface area contributed by atoms with Crippen LogP contribution in [0.5, 0.6) is 0 Å². The molecule has 5 heteroatoms. The van der Waals surface area contributed by atoms with Crippen molar-refractivity contribution in [2.45, 2.75) is 19.9 Å². The van der Waals surface area contributed by atoms with E-state index >= 15 is 0 Å². The number of esters is 1. The average molecular weight is 233 g/mol. The van der Waals surface area contributed by atoms with Crippen LogP contribution in [0.25, 0.3) is 11.0 Å². The number of fused-ring (bicyclic) bond motifs is 1. The van der Waals surface area contributed by atoms with Crippen molar-refractivity contribution in [3.05, 3.63) is 23.8 Å². The lowest BCUT2D eigenvalue weighted by molar-refractivity contribution is -0.140. The highest BCUT2D eigenvalue weighted by molar-refractivity contribution is 5.81. The van der Waals surface area contributed by atoms with Gasteiger partial charge >= 0.3 is 5.97 Å². The van der Waals surface area contributed by atoms with Crippen molar-refractivity contribution < 1.29 is 9.53 Å². The van der Waals surface area contributed by atoms with Gasteiger partial charge in [0, 0.05) is 6.54 Å². The molecule has 2 N–H and O–H groups in total. The fourth-order valence-corrected chi connectivity index (χ4v) is 1.91. The number of anilines is 1. The molecule has 1 aromatic heterocycles. The fraction of sp³-hybridized carbons (Fsp3) is 0.333. The number of imidazole rings is 1. The molecule has 0 amide bonds. The number of aromatic nitrogens is 2. The molecule has 0 fully saturated rings. The Kier molecular flexibility index (Phi) is 2.99. The topological polar surface area (TPSA) is 70.1 Å². The Hall–Kier alpha value is -2.04. The Morgan fingerprint density at radius 3 is 3.00 bits per heavy atom. The van der Waals surface area contributed by atoms with Crippen LogP contribution in [-0.4, -0.2) is 22.6 Å². The summed E-state index contributed by atoms with van der Waals surface area (Å²) in [5.74, 6) is 0.179. The molecule has 1 aromatic carbocycles. The van der Waals surface area contributed by atoms with Crippen LogP contribution < -0.4 is 5.73 Å². The van der Waals surface area contributed by atoms with Crippen LogP contribution in [0.4, 0.5) is 5.95 Å². The number of carbonyl (C=O) groups excluding carboxylic acids is 1. The van der Waals surface area contributed by atoms with Gasteiger partial charge in [-0.15, -0.1) is 0 Å². The Morgan fingerprint density at radius 2 is 2.29 bits per heavy atom. The summed E-state index contributed by atoms with van der Waals surface area (Å²) in [6.07, 6.45) is 0.292. The third-order valence-electron chi connectivity index (χ3n) is 2.77. The minimum atomic E-state index is -0.250. The number of ether oxygens (including phenoxy) is 1. The molecule has 0 aliphatic rings. The van der Waals surface area contributed by atoms with Gasteiger partial charge in [-0.05, 0) is 18.6 Å². The summed E-state index contributed by atoms with van der Waals surface area (Å²) >= 11 is 0. The van der Waals surface area contributed by atoms with Crippen molar-refractivity contribution in [2.24, 2.45) is 0 Å². The van der Waals surface area contributed by atoms with Crippen LogP contribution in [-0.2, 0) is 16.1 Å². The first kappa shape index (κ1) is 11.4. The molecule has 0 radical (unpaired) electrons. The standard InChI is InChI=1S/C12H15N3O2/c1-8-4-3-5-9-11(8)15(12(13)14-9)7-6-10(16)17-2/h3-5H,6-7H2,1-2H3,(H2,13,14). The molecule has 0 saturated carbocycles. The van der Waals surface area contributed by atoms with Crippen molar-refractivity contribution in [3.63, 3.8) is 0 Å². The first-order valence-electron chi connectivity index (χ1n) is 5.41. The number of para-hydroxylation sites is 1. The number of aryl methyl sites for hydroxylation is 2. The molecule has 0 unspecified atom stereocenters. The minimum Gasteiger partial charge on any atom is -0.469 e. The Balaban J connectivity index is 2.39. The number of carbonyl (C=O) groups is 1. The summed E-state index contributed by atoms with van der Waals surface area (Å²) < 4.78 is 6.47. The highest BCUT2D eigenvalue weighted by Gasteiger charge is 2.11. The van der Waals surface area contributed by atoms with Gasteiger partial charge in [0.05, 0.1) is 24.6 Å². The molecule has 90 valence electrons. The zero-order valence-electron chi connectivity index (χ0n) is 9.93. The smallest absolute Gasteiger partial charge is 0.307 e. The van der Waals surface area contributed by atoms with Crippen LogP contribution >= 0.6 is 0 Å². The SMILES string of the molecule is COC(=O)CCn1c(N)nc2cccc(C)c21. The Bertz CT molecular complexity index is 560. The summed E-state index contributed by atoms with van der Waals surface area (Å²) in [5.41, 5.74) is 8.78. The van der Waals surface area contributed by atoms with Crippen LogP contribution in [0.2, 0.25) is 0 Å². The summed E-state index contributed by atoms with van der Waals surface area (Å²) in [7, 11) is 1.38. The van der Waals surface area contributed by atoms with Gasteiger partial charge in [0.15, 0.2) is 0 Å².